The number of likely N-dealkylation sites (tertiary alicyclic amines) is 1. The van der Waals surface area contributed by atoms with Crippen molar-refractivity contribution in [3.05, 3.63) is 71.6 Å². The van der Waals surface area contributed by atoms with Crippen LogP contribution in [0.2, 0.25) is 0 Å². The first-order valence-electron chi connectivity index (χ1n) is 10.2. The number of aryl methyl sites for hydroxylation is 1. The van der Waals surface area contributed by atoms with Crippen molar-refractivity contribution >= 4 is 17.9 Å². The zero-order valence-corrected chi connectivity index (χ0v) is 17.1. The molecule has 30 heavy (non-hydrogen) atoms. The Kier molecular flexibility index (Phi) is 7.60. The molecule has 0 bridgehead atoms. The van der Waals surface area contributed by atoms with Crippen molar-refractivity contribution in [1.82, 2.24) is 10.2 Å². The van der Waals surface area contributed by atoms with Crippen molar-refractivity contribution in [1.29, 1.82) is 0 Å². The van der Waals surface area contributed by atoms with Crippen LogP contribution in [0.4, 0.5) is 4.39 Å². The van der Waals surface area contributed by atoms with Crippen LogP contribution in [0.25, 0.3) is 6.08 Å². The van der Waals surface area contributed by atoms with E-state index in [9.17, 15) is 14.0 Å². The van der Waals surface area contributed by atoms with E-state index in [0.717, 1.165) is 24.8 Å². The van der Waals surface area contributed by atoms with Gasteiger partial charge in [0.2, 0.25) is 11.8 Å². The lowest BCUT2D eigenvalue weighted by Crippen LogP contribution is -2.46. The Hall–Kier alpha value is -3.15. The van der Waals surface area contributed by atoms with Gasteiger partial charge in [0, 0.05) is 31.6 Å². The summed E-state index contributed by atoms with van der Waals surface area (Å²) in [6.45, 7) is 1.17. The number of amides is 2. The molecule has 1 fully saturated rings. The normalized spacial score (nSPS) is 14.7. The fraction of sp³-hybridized carbons (Fsp3) is 0.333. The van der Waals surface area contributed by atoms with Gasteiger partial charge in [-0.05, 0) is 48.6 Å². The van der Waals surface area contributed by atoms with Crippen LogP contribution in [0.3, 0.4) is 0 Å². The second-order valence-corrected chi connectivity index (χ2v) is 7.38. The lowest BCUT2D eigenvalue weighted by Gasteiger charge is -2.31. The molecule has 3 rings (SSSR count). The number of halogens is 1. The van der Waals surface area contributed by atoms with Crippen LogP contribution >= 0.6 is 0 Å². The zero-order valence-electron chi connectivity index (χ0n) is 17.1. The molecule has 0 radical (unpaired) electrons. The monoisotopic (exact) mass is 410 g/mol. The van der Waals surface area contributed by atoms with Crippen LogP contribution < -0.4 is 10.1 Å². The minimum Gasteiger partial charge on any atom is -0.494 e. The molecule has 0 aromatic heterocycles. The summed E-state index contributed by atoms with van der Waals surface area (Å²) in [4.78, 5) is 26.3. The molecule has 1 aliphatic rings. The summed E-state index contributed by atoms with van der Waals surface area (Å²) < 4.78 is 18.6. The molecule has 5 nitrogen and oxygen atoms in total. The van der Waals surface area contributed by atoms with Crippen molar-refractivity contribution in [2.24, 2.45) is 0 Å². The van der Waals surface area contributed by atoms with Crippen molar-refractivity contribution in [2.75, 3.05) is 20.2 Å². The van der Waals surface area contributed by atoms with Crippen LogP contribution in [0.1, 0.15) is 30.4 Å². The molecule has 2 aromatic carbocycles. The first-order valence-corrected chi connectivity index (χ1v) is 10.2. The quantitative estimate of drug-likeness (QED) is 0.710. The fourth-order valence-electron chi connectivity index (χ4n) is 3.51. The van der Waals surface area contributed by atoms with E-state index >= 15 is 0 Å². The van der Waals surface area contributed by atoms with Gasteiger partial charge in [0.15, 0.2) is 11.6 Å². The predicted octanol–water partition coefficient (Wildman–Crippen LogP) is 3.59. The topological polar surface area (TPSA) is 58.6 Å². The van der Waals surface area contributed by atoms with Gasteiger partial charge in [-0.25, -0.2) is 4.39 Å². The summed E-state index contributed by atoms with van der Waals surface area (Å²) in [6.07, 6.45) is 5.70. The van der Waals surface area contributed by atoms with Crippen molar-refractivity contribution in [2.45, 2.75) is 31.7 Å². The van der Waals surface area contributed by atoms with E-state index in [1.165, 1.54) is 25.3 Å². The molecular formula is C24H27FN2O3. The van der Waals surface area contributed by atoms with Crippen LogP contribution in [-0.4, -0.2) is 43.0 Å². The van der Waals surface area contributed by atoms with Gasteiger partial charge in [0.25, 0.3) is 0 Å². The molecular weight excluding hydrogens is 383 g/mol. The van der Waals surface area contributed by atoms with Gasteiger partial charge in [-0.3, -0.25) is 9.59 Å². The number of hydrogen-bond acceptors (Lipinski definition) is 3. The molecule has 0 unspecified atom stereocenters. The van der Waals surface area contributed by atoms with Crippen molar-refractivity contribution in [3.8, 4) is 5.75 Å². The number of hydrogen-bond donors (Lipinski definition) is 1. The largest absolute Gasteiger partial charge is 0.494 e. The minimum absolute atomic E-state index is 0.0463. The van der Waals surface area contributed by atoms with E-state index in [4.69, 9.17) is 4.74 Å². The Morgan fingerprint density at radius 1 is 1.17 bits per heavy atom. The summed E-state index contributed by atoms with van der Waals surface area (Å²) >= 11 is 0. The third-order valence-corrected chi connectivity index (χ3v) is 5.25. The maximum Gasteiger partial charge on any atom is 0.246 e. The molecule has 0 atom stereocenters. The fourth-order valence-corrected chi connectivity index (χ4v) is 3.51. The number of piperidine rings is 1. The highest BCUT2D eigenvalue weighted by molar-refractivity contribution is 5.91. The first-order chi connectivity index (χ1) is 14.5. The Morgan fingerprint density at radius 2 is 1.90 bits per heavy atom. The highest BCUT2D eigenvalue weighted by Crippen LogP contribution is 2.19. The Morgan fingerprint density at radius 3 is 2.57 bits per heavy atom. The SMILES string of the molecule is COc1ccc(C=CC(=O)N2CCC(NC(=O)CCc3ccccc3)CC2)cc1F. The lowest BCUT2D eigenvalue weighted by molar-refractivity contribution is -0.127. The number of methoxy groups -OCH3 is 1. The van der Waals surface area contributed by atoms with Gasteiger partial charge in [-0.1, -0.05) is 36.4 Å². The van der Waals surface area contributed by atoms with E-state index < -0.39 is 5.82 Å². The zero-order chi connectivity index (χ0) is 21.3. The highest BCUT2D eigenvalue weighted by Gasteiger charge is 2.22. The van der Waals surface area contributed by atoms with Gasteiger partial charge in [0.1, 0.15) is 0 Å². The number of carbonyl (C=O) groups is 2. The summed E-state index contributed by atoms with van der Waals surface area (Å²) in [5.74, 6) is -0.354. The maximum absolute atomic E-state index is 13.7. The van der Waals surface area contributed by atoms with Crippen molar-refractivity contribution in [3.63, 3.8) is 0 Å². The standard InChI is InChI=1S/C24H27FN2O3/c1-30-22-10-7-19(17-21(22)25)9-12-24(29)27-15-13-20(14-16-27)26-23(28)11-8-18-5-3-2-4-6-18/h2-7,9-10,12,17,20H,8,11,13-16H2,1H3,(H,26,28). The van der Waals surface area contributed by atoms with E-state index in [2.05, 4.69) is 5.32 Å². The Bertz CT molecular complexity index is 891. The van der Waals surface area contributed by atoms with E-state index in [-0.39, 0.29) is 23.6 Å². The minimum atomic E-state index is -0.462. The highest BCUT2D eigenvalue weighted by atomic mass is 19.1. The number of nitrogens with one attached hydrogen (secondary N) is 1. The van der Waals surface area contributed by atoms with Gasteiger partial charge in [0.05, 0.1) is 7.11 Å². The Labute approximate surface area is 176 Å². The lowest BCUT2D eigenvalue weighted by atomic mass is 10.0. The number of carbonyl (C=O) groups excluding carboxylic acids is 2. The third kappa shape index (κ3) is 6.17. The average Bonchev–Trinajstić information content (AvgIpc) is 2.77. The van der Waals surface area contributed by atoms with Gasteiger partial charge in [-0.2, -0.15) is 0 Å². The van der Waals surface area contributed by atoms with Gasteiger partial charge < -0.3 is 15.0 Å². The van der Waals surface area contributed by atoms with Crippen LogP contribution in [0.15, 0.2) is 54.6 Å². The molecule has 2 aromatic rings. The smallest absolute Gasteiger partial charge is 0.246 e. The van der Waals surface area contributed by atoms with Crippen LogP contribution in [0, 0.1) is 5.82 Å². The van der Waals surface area contributed by atoms with E-state index in [1.807, 2.05) is 30.3 Å². The molecule has 158 valence electrons. The molecule has 1 N–H and O–H groups in total. The molecule has 6 heteroatoms. The van der Waals surface area contributed by atoms with E-state index in [0.29, 0.717) is 25.1 Å². The molecule has 1 saturated heterocycles. The predicted molar refractivity (Wildman–Crippen MR) is 114 cm³/mol. The van der Waals surface area contributed by atoms with Crippen LogP contribution in [-0.2, 0) is 16.0 Å². The van der Waals surface area contributed by atoms with Crippen molar-refractivity contribution < 1.29 is 18.7 Å². The summed E-state index contributed by atoms with van der Waals surface area (Å²) in [5, 5.41) is 3.08. The van der Waals surface area contributed by atoms with Gasteiger partial charge in [-0.15, -0.1) is 0 Å². The second kappa shape index (κ2) is 10.6. The second-order valence-electron chi connectivity index (χ2n) is 7.38. The number of nitrogens with zero attached hydrogens (tertiary/aromatic N) is 1. The molecule has 0 spiro atoms. The van der Waals surface area contributed by atoms with Gasteiger partial charge >= 0.3 is 0 Å². The van der Waals surface area contributed by atoms with E-state index in [1.54, 1.807) is 17.0 Å². The molecule has 0 saturated carbocycles. The summed E-state index contributed by atoms with van der Waals surface area (Å²) in [7, 11) is 1.41. The first kappa shape index (κ1) is 21.6. The average molecular weight is 410 g/mol. The number of rotatable bonds is 7. The molecule has 0 aliphatic carbocycles. The van der Waals surface area contributed by atoms with Crippen LogP contribution in [0.5, 0.6) is 5.75 Å². The third-order valence-electron chi connectivity index (χ3n) is 5.25. The Balaban J connectivity index is 1.41. The summed E-state index contributed by atoms with van der Waals surface area (Å²) in [6, 6.07) is 14.6. The molecule has 1 heterocycles. The number of benzene rings is 2. The molecule has 1 aliphatic heterocycles. The maximum atomic E-state index is 13.7. The molecule has 2 amide bonds. The number of ether oxygens (including phenoxy) is 1. The summed E-state index contributed by atoms with van der Waals surface area (Å²) in [5.41, 5.74) is 1.75.